The summed E-state index contributed by atoms with van der Waals surface area (Å²) in [5.74, 6) is -52.8. The minimum atomic E-state index is -9.02. The molecular weight excluding hydrogens is 582 g/mol. The Morgan fingerprint density at radius 2 is 0.758 bits per heavy atom. The van der Waals surface area contributed by atoms with Crippen molar-refractivity contribution in [3.05, 3.63) is 0 Å². The fourth-order valence-electron chi connectivity index (χ4n) is 1.53. The van der Waals surface area contributed by atoms with Crippen LogP contribution >= 0.6 is 11.6 Å². The van der Waals surface area contributed by atoms with Crippen molar-refractivity contribution in [3.8, 4) is 0 Å². The lowest BCUT2D eigenvalue weighted by Crippen LogP contribution is -2.75. The predicted molar refractivity (Wildman–Crippen MR) is 63.0 cm³/mol. The fourth-order valence-corrected chi connectivity index (χ4v) is 2.07. The second-order valence-electron chi connectivity index (χ2n) is 5.50. The first kappa shape index (κ1) is 31.9. The number of halogens is 19. The summed E-state index contributed by atoms with van der Waals surface area (Å²) in [5.41, 5.74) is -6.17. The maximum Gasteiger partial charge on any atom is 0.445 e. The molecule has 200 valence electrons. The summed E-state index contributed by atoms with van der Waals surface area (Å²) in [6, 6.07) is 0. The van der Waals surface area contributed by atoms with Gasteiger partial charge in [-0.1, -0.05) is 0 Å². The second kappa shape index (κ2) is 7.70. The molecule has 0 aliphatic carbocycles. The van der Waals surface area contributed by atoms with Gasteiger partial charge in [-0.15, -0.1) is 0 Å². The van der Waals surface area contributed by atoms with Crippen LogP contribution in [0.3, 0.4) is 0 Å². The number of rotatable bonds is 10. The van der Waals surface area contributed by atoms with Crippen LogP contribution in [0.1, 0.15) is 0 Å². The Bertz CT molecular complexity index is 845. The molecule has 0 aliphatic heterocycles. The molecule has 0 atom stereocenters. The van der Waals surface area contributed by atoms with Crippen LogP contribution in [-0.4, -0.2) is 65.4 Å². The Labute approximate surface area is 172 Å². The summed E-state index contributed by atoms with van der Waals surface area (Å²) in [7, 11) is -7.97. The summed E-state index contributed by atoms with van der Waals surface area (Å²) in [5, 5.41) is -7.92. The molecule has 0 fully saturated rings. The van der Waals surface area contributed by atoms with Gasteiger partial charge in [-0.25, -0.2) is 4.74 Å². The summed E-state index contributed by atoms with van der Waals surface area (Å²) in [6.07, 6.45) is -7.78. The lowest BCUT2D eigenvalue weighted by atomic mass is 9.91. The van der Waals surface area contributed by atoms with Crippen LogP contribution in [0, 0.1) is 0 Å². The molecule has 0 radical (unpaired) electrons. The highest BCUT2D eigenvalue weighted by atomic mass is 35.5. The van der Waals surface area contributed by atoms with Gasteiger partial charge in [0.1, 0.15) is 0 Å². The van der Waals surface area contributed by atoms with Gasteiger partial charge in [0.15, 0.2) is 0 Å². The highest BCUT2D eigenvalue weighted by Gasteiger charge is 2.96. The van der Waals surface area contributed by atoms with Gasteiger partial charge in [0, 0.05) is 0 Å². The Kier molecular flexibility index (Phi) is 7.44. The fraction of sp³-hybridized carbons (Fsp3) is 1.00. The minimum Gasteiger partial charge on any atom is -0.281 e. The molecule has 0 unspecified atom stereocenters. The number of hydrogen-bond donors (Lipinski definition) is 1. The van der Waals surface area contributed by atoms with Crippen molar-refractivity contribution in [1.29, 1.82) is 0 Å². The van der Waals surface area contributed by atoms with Gasteiger partial charge >= 0.3 is 62.6 Å². The van der Waals surface area contributed by atoms with Gasteiger partial charge in [-0.05, 0) is 11.6 Å². The van der Waals surface area contributed by atoms with E-state index in [1.807, 2.05) is 0 Å². The maximum absolute atomic E-state index is 13.3. The summed E-state index contributed by atoms with van der Waals surface area (Å²) in [4.78, 5) is 0. The van der Waals surface area contributed by atoms with E-state index < -0.39 is 62.6 Å². The maximum atomic E-state index is 13.3. The Hall–Kier alpha value is -1.10. The van der Waals surface area contributed by atoms with Gasteiger partial charge < -0.3 is 0 Å². The number of ether oxygens (including phenoxy) is 1. The zero-order valence-electron chi connectivity index (χ0n) is 13.8. The van der Waals surface area contributed by atoms with E-state index in [2.05, 4.69) is 11.6 Å². The molecule has 1 N–H and O–H groups in total. The van der Waals surface area contributed by atoms with Gasteiger partial charge in [-0.2, -0.15) is 87.4 Å². The molecule has 0 aromatic heterocycles. The van der Waals surface area contributed by atoms with Crippen LogP contribution in [0.5, 0.6) is 0 Å². The van der Waals surface area contributed by atoms with E-state index in [1.54, 1.807) is 0 Å². The molecule has 0 aromatic carbocycles. The molecule has 0 spiro atoms. The Balaban J connectivity index is 6.95. The van der Waals surface area contributed by atoms with E-state index in [0.717, 1.165) is 0 Å². The van der Waals surface area contributed by atoms with Crippen LogP contribution in [-0.2, 0) is 14.9 Å². The predicted octanol–water partition coefficient (Wildman–Crippen LogP) is 5.68. The molecule has 4 nitrogen and oxygen atoms in total. The van der Waals surface area contributed by atoms with Crippen molar-refractivity contribution in [2.45, 2.75) is 52.5 Å². The van der Waals surface area contributed by atoms with E-state index in [-0.39, 0.29) is 0 Å². The lowest BCUT2D eigenvalue weighted by molar-refractivity contribution is -0.485. The molecule has 0 saturated carbocycles. The van der Waals surface area contributed by atoms with Crippen LogP contribution < -0.4 is 0 Å². The molecule has 0 aromatic rings. The monoisotopic (exact) mass is 582 g/mol. The highest BCUT2D eigenvalue weighted by Crippen LogP contribution is 2.64. The molecular formula is C9HClF18O4S. The standard InChI is InChI=1S/C9HClF18O4S/c10-9(27,28)32-7(23,24)5(19,20)3(15,16)1(11,12)2(13,14)4(17,18)6(21,22)8(25,26)33(29,30)31/h(H,29,30,31). The smallest absolute Gasteiger partial charge is 0.281 e. The average molecular weight is 583 g/mol. The molecule has 0 rings (SSSR count). The van der Waals surface area contributed by atoms with E-state index in [4.69, 9.17) is 4.55 Å². The van der Waals surface area contributed by atoms with Crippen LogP contribution in [0.25, 0.3) is 0 Å². The van der Waals surface area contributed by atoms with E-state index in [9.17, 15) is 87.4 Å². The SMILES string of the molecule is O=S(=O)(O)C(F)(F)C(F)(F)C(F)(F)C(F)(F)C(F)(F)C(F)(F)C(F)(F)C(F)(F)OC(F)(F)Cl. The largest absolute Gasteiger partial charge is 0.445 e. The number of alkyl halides is 19. The van der Waals surface area contributed by atoms with Crippen molar-refractivity contribution in [2.75, 3.05) is 0 Å². The van der Waals surface area contributed by atoms with Crippen molar-refractivity contribution in [3.63, 3.8) is 0 Å². The normalized spacial score (nSPS) is 16.8. The Morgan fingerprint density at radius 1 is 0.515 bits per heavy atom. The molecule has 0 amide bonds. The molecule has 0 saturated heterocycles. The van der Waals surface area contributed by atoms with Crippen molar-refractivity contribution in [2.24, 2.45) is 0 Å². The van der Waals surface area contributed by atoms with Crippen molar-refractivity contribution < 1.29 is 96.7 Å². The topological polar surface area (TPSA) is 63.6 Å². The van der Waals surface area contributed by atoms with Crippen molar-refractivity contribution >= 4 is 21.7 Å². The van der Waals surface area contributed by atoms with E-state index in [0.29, 0.717) is 0 Å². The average Bonchev–Trinajstić information content (AvgIpc) is 2.49. The summed E-state index contributed by atoms with van der Waals surface area (Å²) < 4.78 is 263. The van der Waals surface area contributed by atoms with Crippen LogP contribution in [0.2, 0.25) is 0 Å². The molecule has 33 heavy (non-hydrogen) atoms. The molecule has 0 heterocycles. The molecule has 0 aliphatic rings. The van der Waals surface area contributed by atoms with E-state index in [1.165, 1.54) is 4.74 Å². The second-order valence-corrected chi connectivity index (χ2v) is 7.41. The zero-order chi connectivity index (χ0) is 27.7. The Morgan fingerprint density at radius 3 is 1.00 bits per heavy atom. The van der Waals surface area contributed by atoms with Gasteiger partial charge in [-0.3, -0.25) is 4.55 Å². The quantitative estimate of drug-likeness (QED) is 0.205. The van der Waals surface area contributed by atoms with Gasteiger partial charge in [0.2, 0.25) is 0 Å². The summed E-state index contributed by atoms with van der Waals surface area (Å²) >= 11 is 3.47. The highest BCUT2D eigenvalue weighted by molar-refractivity contribution is 7.87. The van der Waals surface area contributed by atoms with Crippen molar-refractivity contribution in [1.82, 2.24) is 0 Å². The minimum absolute atomic E-state index is 1.46. The summed E-state index contributed by atoms with van der Waals surface area (Å²) in [6.45, 7) is 0. The molecule has 0 bridgehead atoms. The lowest BCUT2D eigenvalue weighted by Gasteiger charge is -2.43. The van der Waals surface area contributed by atoms with Gasteiger partial charge in [0.25, 0.3) is 0 Å². The third kappa shape index (κ3) is 4.36. The van der Waals surface area contributed by atoms with Gasteiger partial charge in [0.05, 0.1) is 0 Å². The first-order chi connectivity index (χ1) is 13.7. The third-order valence-corrected chi connectivity index (χ3v) is 4.25. The van der Waals surface area contributed by atoms with E-state index >= 15 is 0 Å². The third-order valence-electron chi connectivity index (χ3n) is 3.27. The first-order valence-corrected chi connectivity index (χ1v) is 8.29. The number of hydrogen-bond acceptors (Lipinski definition) is 3. The first-order valence-electron chi connectivity index (χ1n) is 6.47. The molecule has 24 heteroatoms. The zero-order valence-corrected chi connectivity index (χ0v) is 15.3. The van der Waals surface area contributed by atoms with Crippen LogP contribution in [0.4, 0.5) is 79.0 Å². The van der Waals surface area contributed by atoms with Crippen LogP contribution in [0.15, 0.2) is 0 Å².